The van der Waals surface area contributed by atoms with E-state index < -0.39 is 0 Å². The number of nitrogen functional groups attached to an aromatic ring is 1. The number of nitrogens with two attached hydrogens (primary N) is 1. The van der Waals surface area contributed by atoms with Crippen LogP contribution in [0.5, 0.6) is 0 Å². The van der Waals surface area contributed by atoms with Crippen molar-refractivity contribution in [2.24, 2.45) is 0 Å². The van der Waals surface area contributed by atoms with Crippen LogP contribution in [0.3, 0.4) is 0 Å². The van der Waals surface area contributed by atoms with Gasteiger partial charge in [0.25, 0.3) is 0 Å². The van der Waals surface area contributed by atoms with Crippen molar-refractivity contribution in [3.05, 3.63) is 18.3 Å². The lowest BCUT2D eigenvalue weighted by Crippen LogP contribution is -2.21. The molecule has 88 valence electrons. The number of anilines is 1. The van der Waals surface area contributed by atoms with E-state index in [1.807, 2.05) is 12.1 Å². The minimum Gasteiger partial charge on any atom is -0.397 e. The van der Waals surface area contributed by atoms with Crippen LogP contribution in [0.15, 0.2) is 23.4 Å². The molecule has 4 heteroatoms. The summed E-state index contributed by atoms with van der Waals surface area (Å²) < 4.78 is 5.92. The predicted molar refractivity (Wildman–Crippen MR) is 67.6 cm³/mol. The first-order valence-corrected chi connectivity index (χ1v) is 6.56. The maximum Gasteiger partial charge on any atom is 0.119 e. The molecule has 1 aromatic rings. The first-order valence-electron chi connectivity index (χ1n) is 5.58. The molecule has 0 bridgehead atoms. The van der Waals surface area contributed by atoms with Crippen LogP contribution in [-0.2, 0) is 4.74 Å². The van der Waals surface area contributed by atoms with Crippen LogP contribution in [-0.4, -0.2) is 22.4 Å². The van der Waals surface area contributed by atoms with Crippen LogP contribution in [0, 0.1) is 0 Å². The smallest absolute Gasteiger partial charge is 0.119 e. The highest BCUT2D eigenvalue weighted by Crippen LogP contribution is 2.33. The Morgan fingerprint density at radius 3 is 3.06 bits per heavy atom. The molecule has 1 fully saturated rings. The molecule has 0 aliphatic carbocycles. The monoisotopic (exact) mass is 238 g/mol. The Balaban J connectivity index is 1.87. The van der Waals surface area contributed by atoms with Gasteiger partial charge in [0.15, 0.2) is 0 Å². The van der Waals surface area contributed by atoms with E-state index in [2.05, 4.69) is 18.8 Å². The molecular formula is C12H18N2OS. The maximum absolute atomic E-state index is 5.92. The van der Waals surface area contributed by atoms with Crippen LogP contribution >= 0.6 is 11.8 Å². The maximum atomic E-state index is 5.92. The Hall–Kier alpha value is -0.740. The van der Waals surface area contributed by atoms with Crippen LogP contribution in [0.4, 0.5) is 5.69 Å². The number of hydrogen-bond donors (Lipinski definition) is 1. The number of rotatable bonds is 3. The lowest BCUT2D eigenvalue weighted by atomic mass is 10.1. The summed E-state index contributed by atoms with van der Waals surface area (Å²) >= 11 is 1.68. The molecule has 1 aliphatic heterocycles. The molecule has 1 aromatic heterocycles. The van der Waals surface area contributed by atoms with Gasteiger partial charge >= 0.3 is 0 Å². The molecule has 1 saturated heterocycles. The second-order valence-corrected chi connectivity index (χ2v) is 5.76. The minimum absolute atomic E-state index is 0.0425. The van der Waals surface area contributed by atoms with Gasteiger partial charge in [0.1, 0.15) is 5.03 Å². The molecule has 1 atom stereocenters. The van der Waals surface area contributed by atoms with E-state index >= 15 is 0 Å². The van der Waals surface area contributed by atoms with Gasteiger partial charge in [-0.15, -0.1) is 11.8 Å². The average molecular weight is 238 g/mol. The van der Waals surface area contributed by atoms with Gasteiger partial charge in [0.05, 0.1) is 17.4 Å². The quantitative estimate of drug-likeness (QED) is 0.823. The molecule has 0 radical (unpaired) electrons. The van der Waals surface area contributed by atoms with Gasteiger partial charge in [0, 0.05) is 11.9 Å². The van der Waals surface area contributed by atoms with E-state index in [-0.39, 0.29) is 5.60 Å². The van der Waals surface area contributed by atoms with Gasteiger partial charge in [-0.3, -0.25) is 0 Å². The third kappa shape index (κ3) is 2.89. The number of nitrogens with zero attached hydrogens (tertiary/aromatic N) is 1. The van der Waals surface area contributed by atoms with Gasteiger partial charge in [0.2, 0.25) is 0 Å². The normalized spacial score (nSPS) is 23.5. The van der Waals surface area contributed by atoms with E-state index in [0.717, 1.165) is 29.3 Å². The van der Waals surface area contributed by atoms with Gasteiger partial charge < -0.3 is 10.5 Å². The van der Waals surface area contributed by atoms with E-state index in [0.29, 0.717) is 6.10 Å². The Kier molecular flexibility index (Phi) is 3.40. The van der Waals surface area contributed by atoms with E-state index in [1.165, 1.54) is 0 Å². The molecule has 3 nitrogen and oxygen atoms in total. The summed E-state index contributed by atoms with van der Waals surface area (Å²) in [6.07, 6.45) is 4.38. The summed E-state index contributed by atoms with van der Waals surface area (Å²) in [5.41, 5.74) is 6.63. The first-order chi connectivity index (χ1) is 7.57. The third-order valence-electron chi connectivity index (χ3n) is 2.76. The van der Waals surface area contributed by atoms with Gasteiger partial charge in [-0.05, 0) is 38.8 Å². The fraction of sp³-hybridized carbons (Fsp3) is 0.583. The van der Waals surface area contributed by atoms with Crippen molar-refractivity contribution in [3.63, 3.8) is 0 Å². The Labute approximate surface area is 101 Å². The van der Waals surface area contributed by atoms with Crippen LogP contribution < -0.4 is 5.73 Å². The molecule has 1 aliphatic rings. The van der Waals surface area contributed by atoms with Crippen molar-refractivity contribution in [1.82, 2.24) is 4.98 Å². The average Bonchev–Trinajstić information content (AvgIpc) is 2.57. The summed E-state index contributed by atoms with van der Waals surface area (Å²) in [5, 5.41) is 0.913. The molecule has 0 spiro atoms. The zero-order valence-electron chi connectivity index (χ0n) is 9.77. The predicted octanol–water partition coefficient (Wildman–Crippen LogP) is 2.71. The lowest BCUT2D eigenvalue weighted by molar-refractivity contribution is -0.00467. The highest BCUT2D eigenvalue weighted by molar-refractivity contribution is 7.99. The topological polar surface area (TPSA) is 48.1 Å². The molecule has 16 heavy (non-hydrogen) atoms. The molecular weight excluding hydrogens is 220 g/mol. The molecule has 0 saturated carbocycles. The molecule has 0 aromatic carbocycles. The minimum atomic E-state index is 0.0425. The van der Waals surface area contributed by atoms with Gasteiger partial charge in [-0.2, -0.15) is 0 Å². The summed E-state index contributed by atoms with van der Waals surface area (Å²) in [6.45, 7) is 4.29. The Morgan fingerprint density at radius 2 is 2.44 bits per heavy atom. The van der Waals surface area contributed by atoms with Gasteiger partial charge in [-0.1, -0.05) is 0 Å². The molecule has 0 amide bonds. The number of pyridine rings is 1. The number of hydrogen-bond acceptors (Lipinski definition) is 4. The van der Waals surface area contributed by atoms with Crippen LogP contribution in [0.25, 0.3) is 0 Å². The molecule has 2 heterocycles. The first kappa shape index (κ1) is 11.7. The molecule has 1 unspecified atom stereocenters. The zero-order chi connectivity index (χ0) is 11.6. The molecule has 2 N–H and O–H groups in total. The zero-order valence-corrected chi connectivity index (χ0v) is 10.6. The summed E-state index contributed by atoms with van der Waals surface area (Å²) in [7, 11) is 0. The fourth-order valence-corrected chi connectivity index (χ4v) is 2.84. The van der Waals surface area contributed by atoms with E-state index in [1.54, 1.807) is 18.0 Å². The van der Waals surface area contributed by atoms with Crippen molar-refractivity contribution in [3.8, 4) is 0 Å². The van der Waals surface area contributed by atoms with Crippen molar-refractivity contribution in [1.29, 1.82) is 0 Å². The lowest BCUT2D eigenvalue weighted by Gasteiger charge is -2.18. The van der Waals surface area contributed by atoms with Crippen LogP contribution in [0.2, 0.25) is 0 Å². The van der Waals surface area contributed by atoms with Gasteiger partial charge in [-0.25, -0.2) is 4.98 Å². The van der Waals surface area contributed by atoms with Crippen molar-refractivity contribution in [2.75, 3.05) is 11.5 Å². The largest absolute Gasteiger partial charge is 0.397 e. The number of thioether (sulfide) groups is 1. The van der Waals surface area contributed by atoms with Crippen LogP contribution in [0.1, 0.15) is 26.7 Å². The second-order valence-electron chi connectivity index (χ2n) is 4.75. The van der Waals surface area contributed by atoms with Crippen molar-refractivity contribution in [2.45, 2.75) is 43.4 Å². The summed E-state index contributed by atoms with van der Waals surface area (Å²) in [6, 6.07) is 3.74. The Bertz CT molecular complexity index is 368. The third-order valence-corrected chi connectivity index (χ3v) is 3.91. The standard InChI is InChI=1S/C12H18N2OS/c1-12(2)6-5-9(15-12)8-16-11-10(13)4-3-7-14-11/h3-4,7,9H,5-6,8,13H2,1-2H3. The second kappa shape index (κ2) is 4.63. The van der Waals surface area contributed by atoms with Crippen molar-refractivity contribution >= 4 is 17.4 Å². The fourth-order valence-electron chi connectivity index (χ4n) is 1.89. The summed E-state index contributed by atoms with van der Waals surface area (Å²) in [4.78, 5) is 4.26. The summed E-state index contributed by atoms with van der Waals surface area (Å²) in [5.74, 6) is 0.935. The highest BCUT2D eigenvalue weighted by atomic mass is 32.2. The number of aromatic nitrogens is 1. The highest BCUT2D eigenvalue weighted by Gasteiger charge is 2.31. The van der Waals surface area contributed by atoms with E-state index in [9.17, 15) is 0 Å². The van der Waals surface area contributed by atoms with Crippen molar-refractivity contribution < 1.29 is 4.74 Å². The molecule has 2 rings (SSSR count). The Morgan fingerprint density at radius 1 is 1.62 bits per heavy atom. The number of ether oxygens (including phenoxy) is 1. The van der Waals surface area contributed by atoms with E-state index in [4.69, 9.17) is 10.5 Å². The SMILES string of the molecule is CC1(C)CCC(CSc2ncccc2N)O1.